The minimum absolute atomic E-state index is 0.156. The lowest BCUT2D eigenvalue weighted by atomic mass is 10.0. The molecule has 0 spiro atoms. The highest BCUT2D eigenvalue weighted by atomic mass is 16.5. The van der Waals surface area contributed by atoms with Gasteiger partial charge in [0, 0.05) is 17.7 Å². The van der Waals surface area contributed by atoms with Gasteiger partial charge in [0.25, 0.3) is 5.91 Å². The molecule has 2 aromatic rings. The molecule has 118 valence electrons. The highest BCUT2D eigenvalue weighted by Crippen LogP contribution is 2.45. The second-order valence-electron chi connectivity index (χ2n) is 5.18. The number of rotatable bonds is 4. The topological polar surface area (TPSA) is 55.8 Å². The average molecular weight is 311 g/mol. The van der Waals surface area contributed by atoms with Crippen LogP contribution in [0.4, 0.5) is 5.69 Å². The minimum atomic E-state index is -0.723. The summed E-state index contributed by atoms with van der Waals surface area (Å²) in [7, 11) is 1.51. The lowest BCUT2D eigenvalue weighted by Gasteiger charge is -2.34. The third-order valence-corrected chi connectivity index (χ3v) is 3.85. The van der Waals surface area contributed by atoms with Crippen LogP contribution in [-0.2, 0) is 4.79 Å². The van der Waals surface area contributed by atoms with E-state index in [4.69, 9.17) is 9.47 Å². The largest absolute Gasteiger partial charge is 0.493 e. The van der Waals surface area contributed by atoms with Crippen molar-refractivity contribution in [3.8, 4) is 11.5 Å². The number of fused-ring (bicyclic) bond motifs is 1. The molecule has 3 rings (SSSR count). The summed E-state index contributed by atoms with van der Waals surface area (Å²) in [4.78, 5) is 25.5. The zero-order valence-corrected chi connectivity index (χ0v) is 13.0. The van der Waals surface area contributed by atoms with Crippen LogP contribution in [0, 0.1) is 0 Å². The molecule has 0 N–H and O–H groups in total. The van der Waals surface area contributed by atoms with Crippen molar-refractivity contribution in [1.82, 2.24) is 0 Å². The summed E-state index contributed by atoms with van der Waals surface area (Å²) >= 11 is 0. The number of hydrogen-bond donors (Lipinski definition) is 0. The summed E-state index contributed by atoms with van der Waals surface area (Å²) in [6, 6.07) is 12.6. The average Bonchev–Trinajstić information content (AvgIpc) is 2.61. The molecule has 0 saturated carbocycles. The van der Waals surface area contributed by atoms with Crippen molar-refractivity contribution in [2.75, 3.05) is 18.6 Å². The standard InChI is InChI=1S/C18H17NO4/c1-3-19-14-9-12(11-20)10-15(22-2)17(14)23-16(18(19)21)13-7-5-4-6-8-13/h4-11,16H,3H2,1-2H3. The van der Waals surface area contributed by atoms with Crippen LogP contribution in [0.2, 0.25) is 0 Å². The second-order valence-corrected chi connectivity index (χ2v) is 5.18. The van der Waals surface area contributed by atoms with Gasteiger partial charge in [0.2, 0.25) is 6.10 Å². The molecule has 2 aromatic carbocycles. The molecule has 1 unspecified atom stereocenters. The first-order valence-corrected chi connectivity index (χ1v) is 7.39. The molecular weight excluding hydrogens is 294 g/mol. The number of nitrogens with zero attached hydrogens (tertiary/aromatic N) is 1. The van der Waals surface area contributed by atoms with Crippen molar-refractivity contribution < 1.29 is 19.1 Å². The Balaban J connectivity index is 2.14. The van der Waals surface area contributed by atoms with Crippen molar-refractivity contribution in [3.05, 3.63) is 53.6 Å². The van der Waals surface area contributed by atoms with Gasteiger partial charge in [0.15, 0.2) is 11.5 Å². The van der Waals surface area contributed by atoms with Gasteiger partial charge in [-0.2, -0.15) is 0 Å². The molecular formula is C18H17NO4. The van der Waals surface area contributed by atoms with Crippen LogP contribution < -0.4 is 14.4 Å². The van der Waals surface area contributed by atoms with Crippen LogP contribution in [0.3, 0.4) is 0 Å². The highest BCUT2D eigenvalue weighted by Gasteiger charge is 2.36. The molecule has 1 atom stereocenters. The number of ether oxygens (including phenoxy) is 2. The lowest BCUT2D eigenvalue weighted by molar-refractivity contribution is -0.126. The molecule has 5 nitrogen and oxygen atoms in total. The van der Waals surface area contributed by atoms with Gasteiger partial charge < -0.3 is 14.4 Å². The zero-order valence-electron chi connectivity index (χ0n) is 13.0. The maximum atomic E-state index is 12.8. The van der Waals surface area contributed by atoms with Crippen molar-refractivity contribution >= 4 is 17.9 Å². The minimum Gasteiger partial charge on any atom is -0.493 e. The zero-order chi connectivity index (χ0) is 16.4. The molecule has 0 aromatic heterocycles. The van der Waals surface area contributed by atoms with Crippen molar-refractivity contribution in [1.29, 1.82) is 0 Å². The Kier molecular flexibility index (Phi) is 4.02. The SMILES string of the molecule is CCN1C(=O)C(c2ccccc2)Oc2c(OC)cc(C=O)cc21. The van der Waals surface area contributed by atoms with Crippen LogP contribution in [-0.4, -0.2) is 25.8 Å². The number of benzene rings is 2. The van der Waals surface area contributed by atoms with Crippen LogP contribution in [0.15, 0.2) is 42.5 Å². The van der Waals surface area contributed by atoms with Crippen molar-refractivity contribution in [2.45, 2.75) is 13.0 Å². The van der Waals surface area contributed by atoms with E-state index < -0.39 is 6.10 Å². The molecule has 1 aliphatic rings. The Morgan fingerprint density at radius 3 is 2.61 bits per heavy atom. The first-order valence-electron chi connectivity index (χ1n) is 7.39. The maximum Gasteiger partial charge on any atom is 0.272 e. The quantitative estimate of drug-likeness (QED) is 0.815. The summed E-state index contributed by atoms with van der Waals surface area (Å²) < 4.78 is 11.3. The van der Waals surface area contributed by atoms with Crippen LogP contribution in [0.5, 0.6) is 11.5 Å². The first-order chi connectivity index (χ1) is 11.2. The molecule has 1 heterocycles. The Hall–Kier alpha value is -2.82. The molecule has 5 heteroatoms. The molecule has 1 aliphatic heterocycles. The van der Waals surface area contributed by atoms with Gasteiger partial charge in [0.1, 0.15) is 6.29 Å². The van der Waals surface area contributed by atoms with Gasteiger partial charge in [-0.25, -0.2) is 0 Å². The molecule has 23 heavy (non-hydrogen) atoms. The Morgan fingerprint density at radius 1 is 1.26 bits per heavy atom. The van der Waals surface area contributed by atoms with Crippen molar-refractivity contribution in [3.63, 3.8) is 0 Å². The van der Waals surface area contributed by atoms with E-state index in [1.165, 1.54) is 7.11 Å². The first kappa shape index (κ1) is 15.1. The van der Waals surface area contributed by atoms with E-state index >= 15 is 0 Å². The number of methoxy groups -OCH3 is 1. The number of likely N-dealkylation sites (N-methyl/N-ethyl adjacent to an activating group) is 1. The van der Waals surface area contributed by atoms with E-state index in [-0.39, 0.29) is 5.91 Å². The monoisotopic (exact) mass is 311 g/mol. The maximum absolute atomic E-state index is 12.8. The predicted octanol–water partition coefficient (Wildman–Crippen LogP) is 2.99. The Labute approximate surface area is 134 Å². The molecule has 0 radical (unpaired) electrons. The summed E-state index contributed by atoms with van der Waals surface area (Å²) in [6.07, 6.45) is 0.00402. The van der Waals surface area contributed by atoms with Gasteiger partial charge in [-0.05, 0) is 19.1 Å². The summed E-state index contributed by atoms with van der Waals surface area (Å²) in [6.45, 7) is 2.36. The van der Waals surface area contributed by atoms with Gasteiger partial charge in [-0.1, -0.05) is 30.3 Å². The number of amides is 1. The number of carbonyl (C=O) groups is 2. The number of hydrogen-bond acceptors (Lipinski definition) is 4. The van der Waals surface area contributed by atoms with Crippen LogP contribution >= 0.6 is 0 Å². The summed E-state index contributed by atoms with van der Waals surface area (Å²) in [5, 5.41) is 0. The van der Waals surface area contributed by atoms with Gasteiger partial charge >= 0.3 is 0 Å². The molecule has 0 aliphatic carbocycles. The van der Waals surface area contributed by atoms with E-state index in [2.05, 4.69) is 0 Å². The smallest absolute Gasteiger partial charge is 0.272 e. The third-order valence-electron chi connectivity index (χ3n) is 3.85. The normalized spacial score (nSPS) is 16.5. The van der Waals surface area contributed by atoms with Gasteiger partial charge in [-0.3, -0.25) is 9.59 Å². The van der Waals surface area contributed by atoms with E-state index in [1.807, 2.05) is 37.3 Å². The van der Waals surface area contributed by atoms with E-state index in [1.54, 1.807) is 17.0 Å². The fourth-order valence-electron chi connectivity index (χ4n) is 2.74. The number of anilines is 1. The van der Waals surface area contributed by atoms with Gasteiger partial charge in [-0.15, -0.1) is 0 Å². The molecule has 0 saturated heterocycles. The van der Waals surface area contributed by atoms with Crippen LogP contribution in [0.1, 0.15) is 28.9 Å². The number of aldehydes is 1. The fourth-order valence-corrected chi connectivity index (χ4v) is 2.74. The predicted molar refractivity (Wildman–Crippen MR) is 86.2 cm³/mol. The fraction of sp³-hybridized carbons (Fsp3) is 0.222. The van der Waals surface area contributed by atoms with E-state index in [9.17, 15) is 9.59 Å². The third kappa shape index (κ3) is 2.54. The van der Waals surface area contributed by atoms with E-state index in [0.717, 1.165) is 11.8 Å². The number of carbonyl (C=O) groups excluding carboxylic acids is 2. The molecule has 1 amide bonds. The second kappa shape index (κ2) is 6.12. The summed E-state index contributed by atoms with van der Waals surface area (Å²) in [5.74, 6) is 0.765. The molecule has 0 fully saturated rings. The summed E-state index contributed by atoms with van der Waals surface area (Å²) in [5.41, 5.74) is 1.78. The molecule has 0 bridgehead atoms. The van der Waals surface area contributed by atoms with Crippen molar-refractivity contribution in [2.24, 2.45) is 0 Å². The van der Waals surface area contributed by atoms with Crippen LogP contribution in [0.25, 0.3) is 0 Å². The lowest BCUT2D eigenvalue weighted by Crippen LogP contribution is -2.41. The van der Waals surface area contributed by atoms with E-state index in [0.29, 0.717) is 29.3 Å². The Bertz CT molecular complexity index is 742. The Morgan fingerprint density at radius 2 is 2.00 bits per heavy atom. The highest BCUT2D eigenvalue weighted by molar-refractivity contribution is 6.02. The van der Waals surface area contributed by atoms with Gasteiger partial charge in [0.05, 0.1) is 12.8 Å².